The fraction of sp³-hybridized carbons (Fsp3) is 1.00. The summed E-state index contributed by atoms with van der Waals surface area (Å²) < 4.78 is 25.9. The molecular formula is C9H21NO4S. The molecule has 0 aromatic rings. The summed E-state index contributed by atoms with van der Waals surface area (Å²) >= 11 is 0. The van der Waals surface area contributed by atoms with Crippen LogP contribution in [0.4, 0.5) is 0 Å². The van der Waals surface area contributed by atoms with Gasteiger partial charge in [0.15, 0.2) is 0 Å². The van der Waals surface area contributed by atoms with Gasteiger partial charge in [-0.25, -0.2) is 0 Å². The lowest BCUT2D eigenvalue weighted by Gasteiger charge is -2.32. The van der Waals surface area contributed by atoms with Crippen LogP contribution in [0.1, 0.15) is 25.7 Å². The van der Waals surface area contributed by atoms with E-state index in [-0.39, 0.29) is 6.10 Å². The summed E-state index contributed by atoms with van der Waals surface area (Å²) in [5.41, 5.74) is 0. The van der Waals surface area contributed by atoms with E-state index in [1.807, 2.05) is 14.1 Å². The van der Waals surface area contributed by atoms with Crippen molar-refractivity contribution < 1.29 is 18.1 Å². The van der Waals surface area contributed by atoms with E-state index in [0.717, 1.165) is 12.8 Å². The second-order valence-corrected chi connectivity index (χ2v) is 5.58. The van der Waals surface area contributed by atoms with Gasteiger partial charge < -0.3 is 10.0 Å². The summed E-state index contributed by atoms with van der Waals surface area (Å²) in [6.45, 7) is 0. The largest absolute Gasteiger partial charge is 0.391 e. The molecule has 0 saturated heterocycles. The molecule has 2 atom stereocenters. The standard InChI is InChI=1S/C8H17NO.CH4O3S/c1-9(2)7-5-3-4-6-8(7)10;1-5(2,3)4/h7-8,10H,3-6H2,1-2H3;1H3,(H,2,3,4). The van der Waals surface area contributed by atoms with Gasteiger partial charge in [0.1, 0.15) is 0 Å². The van der Waals surface area contributed by atoms with Gasteiger partial charge in [0, 0.05) is 6.04 Å². The second-order valence-electron chi connectivity index (χ2n) is 4.12. The number of nitrogens with zero attached hydrogens (tertiary/aromatic N) is 1. The minimum atomic E-state index is -3.67. The van der Waals surface area contributed by atoms with Crippen molar-refractivity contribution in [3.05, 3.63) is 0 Å². The molecule has 0 aromatic heterocycles. The number of rotatable bonds is 1. The van der Waals surface area contributed by atoms with Gasteiger partial charge >= 0.3 is 0 Å². The van der Waals surface area contributed by atoms with Crippen LogP contribution in [-0.4, -0.2) is 55.5 Å². The molecule has 6 heteroatoms. The van der Waals surface area contributed by atoms with Crippen molar-refractivity contribution in [1.29, 1.82) is 0 Å². The van der Waals surface area contributed by atoms with Crippen LogP contribution in [0.5, 0.6) is 0 Å². The summed E-state index contributed by atoms with van der Waals surface area (Å²) in [7, 11) is 0.415. The smallest absolute Gasteiger partial charge is 0.261 e. The normalized spacial score (nSPS) is 27.1. The predicted molar refractivity (Wildman–Crippen MR) is 59.4 cm³/mol. The third-order valence-corrected chi connectivity index (χ3v) is 2.36. The van der Waals surface area contributed by atoms with Gasteiger partial charge in [-0.3, -0.25) is 4.55 Å². The van der Waals surface area contributed by atoms with Crippen LogP contribution in [-0.2, 0) is 10.1 Å². The number of aliphatic hydroxyl groups is 1. The van der Waals surface area contributed by atoms with E-state index in [9.17, 15) is 13.5 Å². The highest BCUT2D eigenvalue weighted by Gasteiger charge is 2.23. The van der Waals surface area contributed by atoms with E-state index in [1.165, 1.54) is 12.8 Å². The maximum Gasteiger partial charge on any atom is 0.261 e. The number of hydrogen-bond donors (Lipinski definition) is 2. The maximum absolute atomic E-state index is 9.50. The molecule has 0 heterocycles. The Bertz CT molecular complexity index is 255. The summed E-state index contributed by atoms with van der Waals surface area (Å²) in [6.07, 6.45) is 5.26. The molecule has 1 saturated carbocycles. The van der Waals surface area contributed by atoms with Gasteiger partial charge in [0.05, 0.1) is 12.4 Å². The Labute approximate surface area is 91.8 Å². The van der Waals surface area contributed by atoms with Crippen molar-refractivity contribution in [2.45, 2.75) is 37.8 Å². The van der Waals surface area contributed by atoms with Gasteiger partial charge in [0.2, 0.25) is 0 Å². The van der Waals surface area contributed by atoms with Crippen molar-refractivity contribution in [3.63, 3.8) is 0 Å². The molecule has 0 radical (unpaired) electrons. The van der Waals surface area contributed by atoms with Gasteiger partial charge in [-0.2, -0.15) is 8.42 Å². The molecule has 0 bridgehead atoms. The van der Waals surface area contributed by atoms with E-state index in [1.54, 1.807) is 0 Å². The Morgan fingerprint density at radius 3 is 1.87 bits per heavy atom. The zero-order valence-corrected chi connectivity index (χ0v) is 10.4. The minimum absolute atomic E-state index is 0.0799. The molecule has 1 rings (SSSR count). The first-order chi connectivity index (χ1) is 6.72. The summed E-state index contributed by atoms with van der Waals surface area (Å²) in [5.74, 6) is 0. The highest BCUT2D eigenvalue weighted by atomic mass is 32.2. The molecule has 2 unspecified atom stereocenters. The molecule has 92 valence electrons. The van der Waals surface area contributed by atoms with Crippen LogP contribution in [0.2, 0.25) is 0 Å². The second kappa shape index (κ2) is 6.42. The first kappa shape index (κ1) is 14.8. The monoisotopic (exact) mass is 239 g/mol. The molecule has 0 aromatic carbocycles. The summed E-state index contributed by atoms with van der Waals surface area (Å²) in [4.78, 5) is 2.13. The van der Waals surface area contributed by atoms with Crippen LogP contribution in [0, 0.1) is 0 Å². The van der Waals surface area contributed by atoms with Crippen molar-refractivity contribution in [3.8, 4) is 0 Å². The maximum atomic E-state index is 9.50. The fourth-order valence-corrected chi connectivity index (χ4v) is 1.69. The number of likely N-dealkylation sites (N-methyl/N-ethyl adjacent to an activating group) is 1. The van der Waals surface area contributed by atoms with E-state index >= 15 is 0 Å². The van der Waals surface area contributed by atoms with Gasteiger partial charge in [-0.05, 0) is 26.9 Å². The summed E-state index contributed by atoms with van der Waals surface area (Å²) in [5, 5.41) is 9.50. The average molecular weight is 239 g/mol. The van der Waals surface area contributed by atoms with Crippen LogP contribution in [0.25, 0.3) is 0 Å². The number of hydrogen-bond acceptors (Lipinski definition) is 4. The molecular weight excluding hydrogens is 218 g/mol. The fourth-order valence-electron chi connectivity index (χ4n) is 1.69. The Hall–Kier alpha value is -0.170. The molecule has 1 aliphatic rings. The van der Waals surface area contributed by atoms with Crippen molar-refractivity contribution in [2.75, 3.05) is 20.4 Å². The first-order valence-electron chi connectivity index (χ1n) is 4.98. The molecule has 0 amide bonds. The van der Waals surface area contributed by atoms with Crippen molar-refractivity contribution >= 4 is 10.1 Å². The van der Waals surface area contributed by atoms with E-state index in [4.69, 9.17) is 4.55 Å². The third-order valence-electron chi connectivity index (χ3n) is 2.36. The molecule has 1 aliphatic carbocycles. The molecule has 0 aliphatic heterocycles. The number of aliphatic hydroxyl groups excluding tert-OH is 1. The van der Waals surface area contributed by atoms with Crippen molar-refractivity contribution in [1.82, 2.24) is 4.90 Å². The zero-order valence-electron chi connectivity index (χ0n) is 9.55. The zero-order chi connectivity index (χ0) is 12.1. The van der Waals surface area contributed by atoms with E-state index in [2.05, 4.69) is 4.90 Å². The highest BCUT2D eigenvalue weighted by molar-refractivity contribution is 7.85. The third kappa shape index (κ3) is 8.80. The van der Waals surface area contributed by atoms with Gasteiger partial charge in [-0.15, -0.1) is 0 Å². The molecule has 1 fully saturated rings. The van der Waals surface area contributed by atoms with Crippen LogP contribution >= 0.6 is 0 Å². The Morgan fingerprint density at radius 1 is 1.20 bits per heavy atom. The van der Waals surface area contributed by atoms with Crippen LogP contribution < -0.4 is 0 Å². The summed E-state index contributed by atoms with van der Waals surface area (Å²) in [6, 6.07) is 0.411. The quantitative estimate of drug-likeness (QED) is 0.646. The Kier molecular flexibility index (Phi) is 6.35. The molecule has 0 spiro atoms. The Balaban J connectivity index is 0.000000336. The van der Waals surface area contributed by atoms with Crippen LogP contribution in [0.3, 0.4) is 0 Å². The van der Waals surface area contributed by atoms with Gasteiger partial charge in [0.25, 0.3) is 10.1 Å². The molecule has 15 heavy (non-hydrogen) atoms. The predicted octanol–water partition coefficient (Wildman–Crippen LogP) is 0.356. The van der Waals surface area contributed by atoms with Gasteiger partial charge in [-0.1, -0.05) is 12.8 Å². The Morgan fingerprint density at radius 2 is 1.60 bits per heavy atom. The molecule has 5 nitrogen and oxygen atoms in total. The van der Waals surface area contributed by atoms with E-state index < -0.39 is 10.1 Å². The minimum Gasteiger partial charge on any atom is -0.391 e. The lowest BCUT2D eigenvalue weighted by atomic mass is 9.92. The topological polar surface area (TPSA) is 77.8 Å². The lowest BCUT2D eigenvalue weighted by Crippen LogP contribution is -2.41. The lowest BCUT2D eigenvalue weighted by molar-refractivity contribution is 0.0435. The average Bonchev–Trinajstić information content (AvgIpc) is 2.01. The van der Waals surface area contributed by atoms with Crippen LogP contribution in [0.15, 0.2) is 0 Å². The molecule has 2 N–H and O–H groups in total. The van der Waals surface area contributed by atoms with Crippen molar-refractivity contribution in [2.24, 2.45) is 0 Å². The highest BCUT2D eigenvalue weighted by Crippen LogP contribution is 2.20. The SMILES string of the molecule is CN(C)C1CCCCC1O.CS(=O)(=O)O. The first-order valence-corrected chi connectivity index (χ1v) is 6.83. The van der Waals surface area contributed by atoms with E-state index in [0.29, 0.717) is 12.3 Å².